The van der Waals surface area contributed by atoms with Crippen LogP contribution in [0.15, 0.2) is 29.3 Å². The molecular formula is C25H42N4O3. The Morgan fingerprint density at radius 1 is 1.16 bits per heavy atom. The van der Waals surface area contributed by atoms with Crippen molar-refractivity contribution in [3.05, 3.63) is 29.8 Å². The molecule has 0 aliphatic carbocycles. The van der Waals surface area contributed by atoms with Crippen molar-refractivity contribution in [1.29, 1.82) is 0 Å². The van der Waals surface area contributed by atoms with E-state index in [4.69, 9.17) is 14.2 Å². The summed E-state index contributed by atoms with van der Waals surface area (Å²) in [7, 11) is 5.78. The van der Waals surface area contributed by atoms with Gasteiger partial charge in [-0.3, -0.25) is 9.89 Å². The van der Waals surface area contributed by atoms with Gasteiger partial charge in [0.1, 0.15) is 5.75 Å². The van der Waals surface area contributed by atoms with Crippen LogP contribution in [0.3, 0.4) is 0 Å². The van der Waals surface area contributed by atoms with Crippen molar-refractivity contribution in [2.75, 3.05) is 67.3 Å². The molecule has 7 heteroatoms. The molecule has 0 bridgehead atoms. The topological polar surface area (TPSA) is 67.4 Å². The molecule has 0 radical (unpaired) electrons. The first-order valence-electron chi connectivity index (χ1n) is 12.2. The summed E-state index contributed by atoms with van der Waals surface area (Å²) in [6.45, 7) is 6.31. The molecule has 32 heavy (non-hydrogen) atoms. The Morgan fingerprint density at radius 2 is 1.94 bits per heavy atom. The fraction of sp³-hybridized carbons (Fsp3) is 0.720. The number of hydrogen-bond donors (Lipinski definition) is 2. The second kappa shape index (κ2) is 13.7. The lowest BCUT2D eigenvalue weighted by atomic mass is 9.85. The monoisotopic (exact) mass is 446 g/mol. The van der Waals surface area contributed by atoms with Crippen molar-refractivity contribution in [2.45, 2.75) is 38.1 Å². The number of likely N-dealkylation sites (tertiary alicyclic amines) is 1. The van der Waals surface area contributed by atoms with E-state index in [9.17, 15) is 0 Å². The van der Waals surface area contributed by atoms with Gasteiger partial charge >= 0.3 is 0 Å². The largest absolute Gasteiger partial charge is 0.497 e. The van der Waals surface area contributed by atoms with E-state index in [1.54, 1.807) is 7.11 Å². The van der Waals surface area contributed by atoms with E-state index in [-0.39, 0.29) is 0 Å². The standard InChI is InChI=1S/C25H42N4O3/c1-26-25(27-13-5-15-32-19-20-11-16-31-17-12-20)28-18-22-6-4-14-29(2)24(22)21-7-9-23(30-3)10-8-21/h7-10,20,22,24H,4-6,11-19H2,1-3H3,(H2,26,27,28). The number of guanidine groups is 1. The molecule has 0 amide bonds. The molecule has 2 aliphatic rings. The average Bonchev–Trinajstić information content (AvgIpc) is 2.84. The summed E-state index contributed by atoms with van der Waals surface area (Å²) in [5.74, 6) is 2.97. The van der Waals surface area contributed by atoms with Crippen LogP contribution in [0.5, 0.6) is 5.75 Å². The second-order valence-corrected chi connectivity index (χ2v) is 8.97. The number of benzene rings is 1. The molecule has 180 valence electrons. The predicted octanol–water partition coefficient (Wildman–Crippen LogP) is 3.08. The van der Waals surface area contributed by atoms with E-state index in [1.165, 1.54) is 18.4 Å². The van der Waals surface area contributed by atoms with Gasteiger partial charge in [-0.1, -0.05) is 12.1 Å². The predicted molar refractivity (Wildman–Crippen MR) is 129 cm³/mol. The molecule has 2 N–H and O–H groups in total. The van der Waals surface area contributed by atoms with Gasteiger partial charge in [0.2, 0.25) is 0 Å². The van der Waals surface area contributed by atoms with Crippen LogP contribution < -0.4 is 15.4 Å². The number of hydrogen-bond acceptors (Lipinski definition) is 5. The minimum absolute atomic E-state index is 0.402. The van der Waals surface area contributed by atoms with Crippen molar-refractivity contribution < 1.29 is 14.2 Å². The SMILES string of the molecule is CN=C(NCCCOCC1CCOCC1)NCC1CCCN(C)C1c1ccc(OC)cc1. The van der Waals surface area contributed by atoms with Gasteiger partial charge in [-0.15, -0.1) is 0 Å². The Bertz CT molecular complexity index is 676. The molecule has 3 rings (SSSR count). The van der Waals surface area contributed by atoms with E-state index in [0.29, 0.717) is 17.9 Å². The Morgan fingerprint density at radius 3 is 2.66 bits per heavy atom. The molecule has 7 nitrogen and oxygen atoms in total. The lowest BCUT2D eigenvalue weighted by Gasteiger charge is -2.40. The number of nitrogens with one attached hydrogen (secondary N) is 2. The summed E-state index contributed by atoms with van der Waals surface area (Å²) >= 11 is 0. The van der Waals surface area contributed by atoms with Crippen LogP contribution in [0.2, 0.25) is 0 Å². The molecule has 1 aromatic carbocycles. The zero-order valence-corrected chi connectivity index (χ0v) is 20.1. The Hall–Kier alpha value is -1.83. The maximum Gasteiger partial charge on any atom is 0.190 e. The molecule has 2 unspecified atom stereocenters. The van der Waals surface area contributed by atoms with Crippen molar-refractivity contribution in [1.82, 2.24) is 15.5 Å². The van der Waals surface area contributed by atoms with Crippen LogP contribution in [0.4, 0.5) is 0 Å². The van der Waals surface area contributed by atoms with Gasteiger partial charge in [-0.05, 0) is 75.2 Å². The zero-order valence-electron chi connectivity index (χ0n) is 20.1. The summed E-state index contributed by atoms with van der Waals surface area (Å²) in [4.78, 5) is 6.89. The summed E-state index contributed by atoms with van der Waals surface area (Å²) in [5.41, 5.74) is 1.35. The number of methoxy groups -OCH3 is 1. The molecular weight excluding hydrogens is 404 g/mol. The summed E-state index contributed by atoms with van der Waals surface area (Å²) in [6.07, 6.45) is 5.67. The molecule has 2 saturated heterocycles. The smallest absolute Gasteiger partial charge is 0.190 e. The molecule has 2 aliphatic heterocycles. The number of piperidine rings is 1. The van der Waals surface area contributed by atoms with Crippen molar-refractivity contribution in [2.24, 2.45) is 16.8 Å². The maximum absolute atomic E-state index is 5.86. The van der Waals surface area contributed by atoms with Gasteiger partial charge in [0.25, 0.3) is 0 Å². The summed E-state index contributed by atoms with van der Waals surface area (Å²) < 4.78 is 16.6. The Kier molecular flexibility index (Phi) is 10.6. The normalized spacial score (nSPS) is 23.2. The third-order valence-electron chi connectivity index (χ3n) is 6.67. The number of nitrogens with zero attached hydrogens (tertiary/aromatic N) is 2. The van der Waals surface area contributed by atoms with Crippen molar-refractivity contribution in [3.8, 4) is 5.75 Å². The van der Waals surface area contributed by atoms with E-state index >= 15 is 0 Å². The maximum atomic E-state index is 5.86. The average molecular weight is 447 g/mol. The third-order valence-corrected chi connectivity index (χ3v) is 6.67. The van der Waals surface area contributed by atoms with Crippen LogP contribution in [0.25, 0.3) is 0 Å². The molecule has 2 fully saturated rings. The second-order valence-electron chi connectivity index (χ2n) is 8.97. The highest BCUT2D eigenvalue weighted by atomic mass is 16.5. The Balaban J connectivity index is 1.39. The molecule has 1 aromatic rings. The zero-order chi connectivity index (χ0) is 22.6. The number of rotatable bonds is 10. The van der Waals surface area contributed by atoms with Crippen LogP contribution in [-0.2, 0) is 9.47 Å². The minimum atomic E-state index is 0.402. The van der Waals surface area contributed by atoms with Gasteiger partial charge in [0.05, 0.1) is 7.11 Å². The fourth-order valence-electron chi connectivity index (χ4n) is 4.79. The van der Waals surface area contributed by atoms with Gasteiger partial charge < -0.3 is 24.8 Å². The summed E-state index contributed by atoms with van der Waals surface area (Å²) in [5, 5.41) is 6.99. The molecule has 0 spiro atoms. The van der Waals surface area contributed by atoms with E-state index in [1.807, 2.05) is 7.05 Å². The highest BCUT2D eigenvalue weighted by Gasteiger charge is 2.30. The van der Waals surface area contributed by atoms with Crippen molar-refractivity contribution in [3.63, 3.8) is 0 Å². The number of ether oxygens (including phenoxy) is 3. The Labute approximate surface area is 193 Å². The number of aliphatic imine (C=N–C) groups is 1. The first-order valence-corrected chi connectivity index (χ1v) is 12.2. The van der Waals surface area contributed by atoms with Crippen LogP contribution in [0, 0.1) is 11.8 Å². The van der Waals surface area contributed by atoms with Gasteiger partial charge in [0.15, 0.2) is 5.96 Å². The highest BCUT2D eigenvalue weighted by Crippen LogP contribution is 2.35. The third kappa shape index (κ3) is 7.64. The summed E-state index contributed by atoms with van der Waals surface area (Å²) in [6, 6.07) is 8.93. The highest BCUT2D eigenvalue weighted by molar-refractivity contribution is 5.79. The first kappa shape index (κ1) is 24.8. The van der Waals surface area contributed by atoms with E-state index < -0.39 is 0 Å². The van der Waals surface area contributed by atoms with Crippen molar-refractivity contribution >= 4 is 5.96 Å². The molecule has 2 atom stereocenters. The van der Waals surface area contributed by atoms with Crippen LogP contribution in [-0.4, -0.2) is 78.1 Å². The fourth-order valence-corrected chi connectivity index (χ4v) is 4.79. The minimum Gasteiger partial charge on any atom is -0.497 e. The van der Waals surface area contributed by atoms with Gasteiger partial charge in [-0.2, -0.15) is 0 Å². The molecule has 0 saturated carbocycles. The lowest BCUT2D eigenvalue weighted by Crippen LogP contribution is -2.45. The first-order chi connectivity index (χ1) is 15.7. The van der Waals surface area contributed by atoms with Crippen LogP contribution >= 0.6 is 0 Å². The van der Waals surface area contributed by atoms with Crippen LogP contribution in [0.1, 0.15) is 43.7 Å². The van der Waals surface area contributed by atoms with Gasteiger partial charge in [0, 0.05) is 52.6 Å². The van der Waals surface area contributed by atoms with E-state index in [2.05, 4.69) is 51.8 Å². The van der Waals surface area contributed by atoms with E-state index in [0.717, 1.165) is 77.0 Å². The quantitative estimate of drug-likeness (QED) is 0.327. The molecule has 2 heterocycles. The lowest BCUT2D eigenvalue weighted by molar-refractivity contribution is 0.0203. The molecule has 0 aromatic heterocycles. The van der Waals surface area contributed by atoms with Gasteiger partial charge in [-0.25, -0.2) is 0 Å².